The van der Waals surface area contributed by atoms with E-state index in [1.807, 2.05) is 34.5 Å². The molecular formula is C17H20ClN3OS. The number of nitrogens with two attached hydrogens (primary N) is 1. The maximum Gasteiger partial charge on any atom is 0.273 e. The molecule has 2 aromatic rings. The highest BCUT2D eigenvalue weighted by Gasteiger charge is 2.29. The van der Waals surface area contributed by atoms with Gasteiger partial charge in [-0.2, -0.15) is 0 Å². The number of carbonyl (C=O) groups is 1. The highest BCUT2D eigenvalue weighted by atomic mass is 35.5. The van der Waals surface area contributed by atoms with Gasteiger partial charge < -0.3 is 10.6 Å². The summed E-state index contributed by atoms with van der Waals surface area (Å²) in [6.45, 7) is 0.552. The molecule has 1 amide bonds. The van der Waals surface area contributed by atoms with E-state index in [1.165, 1.54) is 11.3 Å². The molecule has 1 aromatic heterocycles. The monoisotopic (exact) mass is 349 g/mol. The van der Waals surface area contributed by atoms with Crippen LogP contribution in [0.1, 0.15) is 41.7 Å². The quantitative estimate of drug-likeness (QED) is 0.915. The number of thiazole rings is 1. The van der Waals surface area contributed by atoms with Crippen LogP contribution in [-0.2, 0) is 6.54 Å². The second kappa shape index (κ2) is 7.43. The van der Waals surface area contributed by atoms with Gasteiger partial charge in [-0.3, -0.25) is 4.79 Å². The third-order valence-corrected chi connectivity index (χ3v) is 5.16. The zero-order valence-corrected chi connectivity index (χ0v) is 14.4. The van der Waals surface area contributed by atoms with Gasteiger partial charge in [0.25, 0.3) is 5.91 Å². The fraction of sp³-hybridized carbons (Fsp3) is 0.412. The Balaban J connectivity index is 1.82. The lowest BCUT2D eigenvalue weighted by atomic mass is 9.90. The van der Waals surface area contributed by atoms with E-state index in [2.05, 4.69) is 4.98 Å². The van der Waals surface area contributed by atoms with Gasteiger partial charge in [0.2, 0.25) is 0 Å². The molecule has 1 fully saturated rings. The second-order valence-corrected chi connectivity index (χ2v) is 7.16. The number of benzene rings is 1. The Hall–Kier alpha value is -1.43. The van der Waals surface area contributed by atoms with Crippen molar-refractivity contribution in [3.63, 3.8) is 0 Å². The van der Waals surface area contributed by atoms with Crippen LogP contribution in [-0.4, -0.2) is 27.9 Å². The van der Waals surface area contributed by atoms with E-state index in [1.54, 1.807) is 5.51 Å². The lowest BCUT2D eigenvalue weighted by molar-refractivity contribution is 0.0601. The number of nitrogens with zero attached hydrogens (tertiary/aromatic N) is 2. The van der Waals surface area contributed by atoms with Crippen molar-refractivity contribution in [2.24, 2.45) is 5.73 Å². The molecular weight excluding hydrogens is 330 g/mol. The molecule has 1 aliphatic rings. The average molecular weight is 350 g/mol. The van der Waals surface area contributed by atoms with Gasteiger partial charge in [-0.15, -0.1) is 11.3 Å². The van der Waals surface area contributed by atoms with Crippen LogP contribution in [0.4, 0.5) is 0 Å². The lowest BCUT2D eigenvalue weighted by Gasteiger charge is -2.36. The highest BCUT2D eigenvalue weighted by Crippen LogP contribution is 2.26. The first-order valence-electron chi connectivity index (χ1n) is 7.82. The molecule has 0 aliphatic heterocycles. The molecule has 0 bridgehead atoms. The van der Waals surface area contributed by atoms with Gasteiger partial charge >= 0.3 is 0 Å². The van der Waals surface area contributed by atoms with Crippen LogP contribution in [0, 0.1) is 0 Å². The zero-order chi connectivity index (χ0) is 16.2. The molecule has 1 aromatic carbocycles. The smallest absolute Gasteiger partial charge is 0.273 e. The minimum atomic E-state index is -0.00769. The van der Waals surface area contributed by atoms with Crippen molar-refractivity contribution >= 4 is 28.8 Å². The van der Waals surface area contributed by atoms with E-state index in [0.29, 0.717) is 17.3 Å². The second-order valence-electron chi connectivity index (χ2n) is 6.01. The Kier molecular flexibility index (Phi) is 5.30. The number of amides is 1. The van der Waals surface area contributed by atoms with E-state index in [0.717, 1.165) is 31.2 Å². The van der Waals surface area contributed by atoms with Gasteiger partial charge in [-0.05, 0) is 43.4 Å². The Morgan fingerprint density at radius 3 is 2.78 bits per heavy atom. The molecule has 23 heavy (non-hydrogen) atoms. The summed E-state index contributed by atoms with van der Waals surface area (Å²) in [5.41, 5.74) is 9.26. The normalized spacial score (nSPS) is 21.1. The molecule has 0 unspecified atom stereocenters. The minimum Gasteiger partial charge on any atom is -0.330 e. The molecule has 6 heteroatoms. The van der Waals surface area contributed by atoms with Crippen LogP contribution >= 0.6 is 22.9 Å². The van der Waals surface area contributed by atoms with Crippen LogP contribution < -0.4 is 5.73 Å². The zero-order valence-electron chi connectivity index (χ0n) is 12.8. The van der Waals surface area contributed by atoms with Gasteiger partial charge in [-0.1, -0.05) is 23.7 Å². The number of carbonyl (C=O) groups excluding carboxylic acids is 1. The van der Waals surface area contributed by atoms with Crippen LogP contribution in [0.3, 0.4) is 0 Å². The Morgan fingerprint density at radius 2 is 2.13 bits per heavy atom. The Morgan fingerprint density at radius 1 is 1.35 bits per heavy atom. The molecule has 0 radical (unpaired) electrons. The first-order chi connectivity index (χ1) is 11.1. The average Bonchev–Trinajstić information content (AvgIpc) is 3.07. The van der Waals surface area contributed by atoms with Gasteiger partial charge in [0.05, 0.1) is 5.51 Å². The Bertz CT molecular complexity index is 654. The van der Waals surface area contributed by atoms with E-state index in [4.69, 9.17) is 17.3 Å². The number of hydrogen-bond donors (Lipinski definition) is 1. The van der Waals surface area contributed by atoms with Crippen molar-refractivity contribution in [2.75, 3.05) is 0 Å². The van der Waals surface area contributed by atoms with Gasteiger partial charge in [0.1, 0.15) is 5.69 Å². The topological polar surface area (TPSA) is 59.2 Å². The number of hydrogen-bond acceptors (Lipinski definition) is 4. The molecule has 1 saturated carbocycles. The molecule has 4 nitrogen and oxygen atoms in total. The first-order valence-corrected chi connectivity index (χ1v) is 9.15. The van der Waals surface area contributed by atoms with Crippen molar-refractivity contribution in [3.8, 4) is 0 Å². The van der Waals surface area contributed by atoms with Gasteiger partial charge in [0.15, 0.2) is 0 Å². The standard InChI is InChI=1S/C17H20ClN3OS/c18-13-3-1-2-12(8-13)9-21(15-6-4-14(19)5-7-15)17(22)16-10-23-11-20-16/h1-3,8,10-11,14-15H,4-7,9,19H2. The third kappa shape index (κ3) is 4.10. The molecule has 1 aliphatic carbocycles. The van der Waals surface area contributed by atoms with Crippen LogP contribution in [0.5, 0.6) is 0 Å². The van der Waals surface area contributed by atoms with E-state index >= 15 is 0 Å². The lowest BCUT2D eigenvalue weighted by Crippen LogP contribution is -2.44. The van der Waals surface area contributed by atoms with Crippen LogP contribution in [0.25, 0.3) is 0 Å². The summed E-state index contributed by atoms with van der Waals surface area (Å²) in [5.74, 6) is -0.00769. The number of halogens is 1. The largest absolute Gasteiger partial charge is 0.330 e. The highest BCUT2D eigenvalue weighted by molar-refractivity contribution is 7.07. The Labute approximate surface area is 145 Å². The summed E-state index contributed by atoms with van der Waals surface area (Å²) >= 11 is 7.52. The summed E-state index contributed by atoms with van der Waals surface area (Å²) in [5, 5.41) is 2.50. The molecule has 2 N–H and O–H groups in total. The molecule has 1 heterocycles. The van der Waals surface area contributed by atoms with Crippen molar-refractivity contribution in [2.45, 2.75) is 44.3 Å². The molecule has 0 saturated heterocycles. The summed E-state index contributed by atoms with van der Waals surface area (Å²) < 4.78 is 0. The van der Waals surface area contributed by atoms with Crippen molar-refractivity contribution < 1.29 is 4.79 Å². The van der Waals surface area contributed by atoms with E-state index in [-0.39, 0.29) is 18.0 Å². The van der Waals surface area contributed by atoms with Crippen molar-refractivity contribution in [3.05, 3.63) is 51.4 Å². The maximum absolute atomic E-state index is 12.9. The SMILES string of the molecule is NC1CCC(N(Cc2cccc(Cl)c2)C(=O)c2cscn2)CC1. The predicted octanol–water partition coefficient (Wildman–Crippen LogP) is 3.71. The van der Waals surface area contributed by atoms with E-state index in [9.17, 15) is 4.79 Å². The van der Waals surface area contributed by atoms with Crippen LogP contribution in [0.2, 0.25) is 5.02 Å². The van der Waals surface area contributed by atoms with Crippen molar-refractivity contribution in [1.82, 2.24) is 9.88 Å². The predicted molar refractivity (Wildman–Crippen MR) is 93.7 cm³/mol. The van der Waals surface area contributed by atoms with E-state index < -0.39 is 0 Å². The van der Waals surface area contributed by atoms with Crippen molar-refractivity contribution in [1.29, 1.82) is 0 Å². The summed E-state index contributed by atoms with van der Waals surface area (Å²) in [6, 6.07) is 8.15. The first kappa shape index (κ1) is 16.4. The number of aromatic nitrogens is 1. The maximum atomic E-state index is 12.9. The molecule has 3 rings (SSSR count). The fourth-order valence-electron chi connectivity index (χ4n) is 3.08. The number of rotatable bonds is 4. The molecule has 0 atom stereocenters. The summed E-state index contributed by atoms with van der Waals surface area (Å²) in [7, 11) is 0. The minimum absolute atomic E-state index is 0.00769. The van der Waals surface area contributed by atoms with Gasteiger partial charge in [0, 0.05) is 29.0 Å². The van der Waals surface area contributed by atoms with Crippen LogP contribution in [0.15, 0.2) is 35.2 Å². The summed E-state index contributed by atoms with van der Waals surface area (Å²) in [6.07, 6.45) is 3.80. The van der Waals surface area contributed by atoms with Gasteiger partial charge in [-0.25, -0.2) is 4.98 Å². The third-order valence-electron chi connectivity index (χ3n) is 4.34. The fourth-order valence-corrected chi connectivity index (χ4v) is 3.82. The summed E-state index contributed by atoms with van der Waals surface area (Å²) in [4.78, 5) is 19.0. The molecule has 122 valence electrons. The molecule has 0 spiro atoms.